The van der Waals surface area contributed by atoms with Crippen LogP contribution in [-0.4, -0.2) is 48.8 Å². The normalized spacial score (nSPS) is 20.3. The molecule has 1 aliphatic rings. The van der Waals surface area contributed by atoms with Gasteiger partial charge in [-0.3, -0.25) is 0 Å². The standard InChI is InChI=1S/C13H17F3N2O3S/c1-10-3-2-4-12(17-10)21-11-5-7-18(9-11)22(19,20)8-6-13(14,15)16/h2-4,11H,5-9H2,1H3. The van der Waals surface area contributed by atoms with Gasteiger partial charge in [0.1, 0.15) is 6.10 Å². The van der Waals surface area contributed by atoms with Crippen LogP contribution in [0, 0.1) is 6.92 Å². The van der Waals surface area contributed by atoms with E-state index in [4.69, 9.17) is 4.74 Å². The van der Waals surface area contributed by atoms with Gasteiger partial charge in [0.05, 0.1) is 18.7 Å². The number of aryl methyl sites for hydroxylation is 1. The molecular formula is C13H17F3N2O3S. The van der Waals surface area contributed by atoms with Gasteiger partial charge in [0.2, 0.25) is 15.9 Å². The number of ether oxygens (including phenoxy) is 1. The van der Waals surface area contributed by atoms with Gasteiger partial charge in [0.15, 0.2) is 0 Å². The first kappa shape index (κ1) is 17.0. The maximum Gasteiger partial charge on any atom is 0.390 e. The van der Waals surface area contributed by atoms with Crippen molar-refractivity contribution >= 4 is 10.0 Å². The molecule has 0 aliphatic carbocycles. The van der Waals surface area contributed by atoms with E-state index in [0.29, 0.717) is 12.3 Å². The van der Waals surface area contributed by atoms with Gasteiger partial charge in [0.25, 0.3) is 0 Å². The topological polar surface area (TPSA) is 59.5 Å². The molecule has 1 aromatic rings. The van der Waals surface area contributed by atoms with Crippen molar-refractivity contribution < 1.29 is 26.3 Å². The third kappa shape index (κ3) is 4.84. The Morgan fingerprint density at radius 1 is 1.41 bits per heavy atom. The monoisotopic (exact) mass is 338 g/mol. The molecule has 0 saturated carbocycles. The number of halogens is 3. The number of alkyl halides is 3. The quantitative estimate of drug-likeness (QED) is 0.825. The average molecular weight is 338 g/mol. The van der Waals surface area contributed by atoms with Crippen LogP contribution < -0.4 is 4.74 Å². The highest BCUT2D eigenvalue weighted by Gasteiger charge is 2.36. The maximum atomic E-state index is 12.2. The largest absolute Gasteiger partial charge is 0.473 e. The van der Waals surface area contributed by atoms with Crippen molar-refractivity contribution in [2.45, 2.75) is 32.0 Å². The Bertz CT molecular complexity index is 619. The molecule has 124 valence electrons. The molecule has 1 aromatic heterocycles. The van der Waals surface area contributed by atoms with Crippen molar-refractivity contribution in [1.29, 1.82) is 0 Å². The lowest BCUT2D eigenvalue weighted by Crippen LogP contribution is -2.34. The predicted octanol–water partition coefficient (Wildman–Crippen LogP) is 2.13. The van der Waals surface area contributed by atoms with E-state index in [9.17, 15) is 21.6 Å². The summed E-state index contributed by atoms with van der Waals surface area (Å²) < 4.78 is 66.9. The molecule has 0 spiro atoms. The number of aromatic nitrogens is 1. The molecule has 0 amide bonds. The summed E-state index contributed by atoms with van der Waals surface area (Å²) in [7, 11) is -3.91. The van der Waals surface area contributed by atoms with Crippen LogP contribution in [0.1, 0.15) is 18.5 Å². The summed E-state index contributed by atoms with van der Waals surface area (Å²) in [4.78, 5) is 4.15. The highest BCUT2D eigenvalue weighted by molar-refractivity contribution is 7.89. The Kier molecular flexibility index (Phi) is 4.96. The summed E-state index contributed by atoms with van der Waals surface area (Å²) in [6.45, 7) is 2.02. The minimum absolute atomic E-state index is 0.0514. The second kappa shape index (κ2) is 6.41. The van der Waals surface area contributed by atoms with E-state index >= 15 is 0 Å². The summed E-state index contributed by atoms with van der Waals surface area (Å²) in [5.41, 5.74) is 0.769. The van der Waals surface area contributed by atoms with Crippen molar-refractivity contribution in [3.8, 4) is 5.88 Å². The Balaban J connectivity index is 1.92. The van der Waals surface area contributed by atoms with Gasteiger partial charge in [0, 0.05) is 18.3 Å². The van der Waals surface area contributed by atoms with E-state index in [1.165, 1.54) is 0 Å². The van der Waals surface area contributed by atoms with E-state index in [0.717, 1.165) is 10.00 Å². The summed E-state index contributed by atoms with van der Waals surface area (Å²) >= 11 is 0. The molecule has 0 radical (unpaired) electrons. The molecule has 5 nitrogen and oxygen atoms in total. The molecule has 22 heavy (non-hydrogen) atoms. The van der Waals surface area contributed by atoms with Crippen molar-refractivity contribution in [3.05, 3.63) is 23.9 Å². The van der Waals surface area contributed by atoms with Crippen LogP contribution in [0.3, 0.4) is 0 Å². The number of hydrogen-bond acceptors (Lipinski definition) is 4. The summed E-state index contributed by atoms with van der Waals surface area (Å²) in [5, 5.41) is 0. The molecule has 0 bridgehead atoms. The average Bonchev–Trinajstić information content (AvgIpc) is 2.85. The van der Waals surface area contributed by atoms with E-state index in [1.807, 2.05) is 0 Å². The van der Waals surface area contributed by atoms with Crippen LogP contribution in [0.25, 0.3) is 0 Å². The maximum absolute atomic E-state index is 12.2. The molecule has 9 heteroatoms. The highest BCUT2D eigenvalue weighted by Crippen LogP contribution is 2.24. The van der Waals surface area contributed by atoms with Crippen molar-refractivity contribution in [1.82, 2.24) is 9.29 Å². The van der Waals surface area contributed by atoms with Gasteiger partial charge in [-0.25, -0.2) is 13.4 Å². The Morgan fingerprint density at radius 2 is 2.14 bits per heavy atom. The lowest BCUT2D eigenvalue weighted by atomic mass is 10.3. The van der Waals surface area contributed by atoms with Crippen LogP contribution >= 0.6 is 0 Å². The smallest absolute Gasteiger partial charge is 0.390 e. The molecule has 0 N–H and O–H groups in total. The van der Waals surface area contributed by atoms with Crippen LogP contribution in [0.2, 0.25) is 0 Å². The first-order valence-corrected chi connectivity index (χ1v) is 8.41. The summed E-state index contributed by atoms with van der Waals surface area (Å²) in [5.74, 6) is -0.536. The van der Waals surface area contributed by atoms with E-state index in [-0.39, 0.29) is 13.1 Å². The SMILES string of the molecule is Cc1cccc(OC2CCN(S(=O)(=O)CCC(F)(F)F)C2)n1. The number of pyridine rings is 1. The number of nitrogens with zero attached hydrogens (tertiary/aromatic N) is 2. The van der Waals surface area contributed by atoms with Crippen molar-refractivity contribution in [3.63, 3.8) is 0 Å². The van der Waals surface area contributed by atoms with Crippen molar-refractivity contribution in [2.24, 2.45) is 0 Å². The van der Waals surface area contributed by atoms with Crippen LogP contribution in [-0.2, 0) is 10.0 Å². The van der Waals surface area contributed by atoms with E-state index < -0.39 is 34.5 Å². The zero-order valence-corrected chi connectivity index (χ0v) is 12.8. The highest BCUT2D eigenvalue weighted by atomic mass is 32.2. The lowest BCUT2D eigenvalue weighted by molar-refractivity contribution is -0.130. The van der Waals surface area contributed by atoms with Gasteiger partial charge < -0.3 is 4.74 Å². The predicted molar refractivity (Wildman–Crippen MR) is 74.0 cm³/mol. The molecule has 2 rings (SSSR count). The van der Waals surface area contributed by atoms with E-state index in [2.05, 4.69) is 4.98 Å². The fourth-order valence-corrected chi connectivity index (χ4v) is 3.70. The third-order valence-corrected chi connectivity index (χ3v) is 5.13. The fourth-order valence-electron chi connectivity index (χ4n) is 2.17. The second-order valence-corrected chi connectivity index (χ2v) is 7.27. The van der Waals surface area contributed by atoms with Gasteiger partial charge >= 0.3 is 6.18 Å². The fraction of sp³-hybridized carbons (Fsp3) is 0.615. The molecule has 1 saturated heterocycles. The number of hydrogen-bond donors (Lipinski definition) is 0. The van der Waals surface area contributed by atoms with E-state index in [1.54, 1.807) is 25.1 Å². The Morgan fingerprint density at radius 3 is 2.77 bits per heavy atom. The Labute approximate surface area is 127 Å². The summed E-state index contributed by atoms with van der Waals surface area (Å²) in [6.07, 6.45) is -5.78. The second-order valence-electron chi connectivity index (χ2n) is 5.18. The molecule has 1 aliphatic heterocycles. The zero-order chi connectivity index (χ0) is 16.4. The number of rotatable bonds is 5. The zero-order valence-electron chi connectivity index (χ0n) is 12.0. The van der Waals surface area contributed by atoms with Gasteiger partial charge in [-0.2, -0.15) is 17.5 Å². The minimum Gasteiger partial charge on any atom is -0.473 e. The first-order valence-electron chi connectivity index (χ1n) is 6.81. The molecule has 0 aromatic carbocycles. The number of sulfonamides is 1. The van der Waals surface area contributed by atoms with Crippen LogP contribution in [0.15, 0.2) is 18.2 Å². The first-order chi connectivity index (χ1) is 10.2. The van der Waals surface area contributed by atoms with Crippen LogP contribution in [0.4, 0.5) is 13.2 Å². The molecular weight excluding hydrogens is 321 g/mol. The van der Waals surface area contributed by atoms with Crippen LogP contribution in [0.5, 0.6) is 5.88 Å². The minimum atomic E-state index is -4.48. The van der Waals surface area contributed by atoms with Crippen molar-refractivity contribution in [2.75, 3.05) is 18.8 Å². The van der Waals surface area contributed by atoms with Gasteiger partial charge in [-0.05, 0) is 19.4 Å². The molecule has 2 heterocycles. The molecule has 1 atom stereocenters. The Hall–Kier alpha value is -1.35. The molecule has 1 unspecified atom stereocenters. The lowest BCUT2D eigenvalue weighted by Gasteiger charge is -2.17. The molecule has 1 fully saturated rings. The summed E-state index contributed by atoms with van der Waals surface area (Å²) in [6, 6.07) is 5.23. The van der Waals surface area contributed by atoms with Gasteiger partial charge in [-0.1, -0.05) is 6.07 Å². The third-order valence-electron chi connectivity index (χ3n) is 3.29. The van der Waals surface area contributed by atoms with Gasteiger partial charge in [-0.15, -0.1) is 0 Å².